The van der Waals surface area contributed by atoms with Crippen LogP contribution in [-0.4, -0.2) is 19.1 Å². The summed E-state index contributed by atoms with van der Waals surface area (Å²) in [5.41, 5.74) is 15.8. The number of aromatic nitrogens is 4. The highest BCUT2D eigenvalue weighted by molar-refractivity contribution is 6.14. The molecule has 0 saturated heterocycles. The summed E-state index contributed by atoms with van der Waals surface area (Å²) in [6.07, 6.45) is 0. The summed E-state index contributed by atoms with van der Waals surface area (Å²) in [7, 11) is 0. The third kappa shape index (κ3) is 5.71. The van der Waals surface area contributed by atoms with Crippen molar-refractivity contribution in [2.45, 2.75) is 0 Å². The first-order chi connectivity index (χ1) is 31.2. The van der Waals surface area contributed by atoms with E-state index in [1.807, 2.05) is 24.3 Å². The Morgan fingerprint density at radius 3 is 1.32 bits per heavy atom. The second kappa shape index (κ2) is 14.0. The molecule has 0 aliphatic rings. The standard InChI is InChI=1S/C58H36N4O/c1-4-14-37(15-5-1)50-36-51(38-16-6-2-7-17-38)60-58(59-50)62-52-22-12-10-20-44(52)46-32-39(26-30-55(46)62)40-24-28-53-47(33-40)48-34-41(25-29-54(48)61(53)43-18-8-3-9-19-43)42-27-31-57-49(35-42)45-21-11-13-23-56(45)63-57/h1-36H. The zero-order valence-electron chi connectivity index (χ0n) is 34.0. The zero-order valence-corrected chi connectivity index (χ0v) is 34.0. The summed E-state index contributed by atoms with van der Waals surface area (Å²) in [6, 6.07) is 77.5. The Labute approximate surface area is 362 Å². The van der Waals surface area contributed by atoms with Gasteiger partial charge in [-0.25, -0.2) is 9.97 Å². The largest absolute Gasteiger partial charge is 0.456 e. The van der Waals surface area contributed by atoms with E-state index < -0.39 is 0 Å². The van der Waals surface area contributed by atoms with E-state index >= 15 is 0 Å². The Morgan fingerprint density at radius 1 is 0.286 bits per heavy atom. The fourth-order valence-corrected chi connectivity index (χ4v) is 9.56. The average molecular weight is 805 g/mol. The number of nitrogens with zero attached hydrogens (tertiary/aromatic N) is 4. The van der Waals surface area contributed by atoms with Crippen molar-refractivity contribution in [1.82, 2.24) is 19.1 Å². The van der Waals surface area contributed by atoms with Gasteiger partial charge in [-0.2, -0.15) is 0 Å². The Hall–Kier alpha value is -8.54. The lowest BCUT2D eigenvalue weighted by Gasteiger charge is -2.12. The van der Waals surface area contributed by atoms with Crippen LogP contribution in [0.15, 0.2) is 223 Å². The lowest BCUT2D eigenvalue weighted by molar-refractivity contribution is 0.669. The van der Waals surface area contributed by atoms with Crippen molar-refractivity contribution in [1.29, 1.82) is 0 Å². The highest BCUT2D eigenvalue weighted by atomic mass is 16.3. The molecular weight excluding hydrogens is 769 g/mol. The minimum atomic E-state index is 0.639. The van der Waals surface area contributed by atoms with Crippen molar-refractivity contribution < 1.29 is 4.42 Å². The molecule has 5 nitrogen and oxygen atoms in total. The number of hydrogen-bond acceptors (Lipinski definition) is 3. The van der Waals surface area contributed by atoms with Gasteiger partial charge < -0.3 is 8.98 Å². The van der Waals surface area contributed by atoms with Crippen molar-refractivity contribution in [3.8, 4) is 56.4 Å². The minimum absolute atomic E-state index is 0.639. The molecule has 0 aliphatic carbocycles. The molecule has 0 N–H and O–H groups in total. The summed E-state index contributed by atoms with van der Waals surface area (Å²) in [4.78, 5) is 10.5. The van der Waals surface area contributed by atoms with Crippen molar-refractivity contribution in [2.24, 2.45) is 0 Å². The molecule has 0 radical (unpaired) electrons. The maximum absolute atomic E-state index is 6.18. The van der Waals surface area contributed by atoms with Gasteiger partial charge in [0, 0.05) is 49.1 Å². The van der Waals surface area contributed by atoms with Crippen molar-refractivity contribution in [3.05, 3.63) is 218 Å². The normalized spacial score (nSPS) is 11.8. The molecule has 0 amide bonds. The highest BCUT2D eigenvalue weighted by Gasteiger charge is 2.19. The maximum atomic E-state index is 6.18. The molecule has 13 aromatic rings. The smallest absolute Gasteiger partial charge is 0.235 e. The number of fused-ring (bicyclic) bond motifs is 9. The molecule has 0 fully saturated rings. The van der Waals surface area contributed by atoms with E-state index in [0.29, 0.717) is 5.95 Å². The first kappa shape index (κ1) is 35.2. The van der Waals surface area contributed by atoms with Crippen molar-refractivity contribution in [3.63, 3.8) is 0 Å². The predicted molar refractivity (Wildman–Crippen MR) is 260 cm³/mol. The van der Waals surface area contributed by atoms with Crippen LogP contribution in [0.25, 0.3) is 122 Å². The molecule has 5 heteroatoms. The SMILES string of the molecule is c1ccc(-c2cc(-c3ccccc3)nc(-n3c4ccccc4c4cc(-c5ccc6c(c5)c5cc(-c7ccc8oc9ccccc9c8c7)ccc5n6-c5ccccc5)ccc43)n2)cc1. The molecule has 4 aromatic heterocycles. The summed E-state index contributed by atoms with van der Waals surface area (Å²) >= 11 is 0. The molecule has 294 valence electrons. The first-order valence-corrected chi connectivity index (χ1v) is 21.3. The molecule has 0 unspecified atom stereocenters. The Balaban J connectivity index is 0.987. The van der Waals surface area contributed by atoms with Gasteiger partial charge in [-0.3, -0.25) is 4.57 Å². The minimum Gasteiger partial charge on any atom is -0.456 e. The molecule has 9 aromatic carbocycles. The fourth-order valence-electron chi connectivity index (χ4n) is 9.56. The predicted octanol–water partition coefficient (Wildman–Crippen LogP) is 15.2. The summed E-state index contributed by atoms with van der Waals surface area (Å²) in [6.45, 7) is 0. The number of furan rings is 1. The van der Waals surface area contributed by atoms with Gasteiger partial charge >= 0.3 is 0 Å². The van der Waals surface area contributed by atoms with E-state index in [4.69, 9.17) is 14.4 Å². The summed E-state index contributed by atoms with van der Waals surface area (Å²) in [5.74, 6) is 0.639. The van der Waals surface area contributed by atoms with Gasteiger partial charge in [0.1, 0.15) is 11.2 Å². The van der Waals surface area contributed by atoms with E-state index in [2.05, 4.69) is 203 Å². The molecule has 13 rings (SSSR count). The second-order valence-corrected chi connectivity index (χ2v) is 16.2. The van der Waals surface area contributed by atoms with E-state index in [0.717, 1.165) is 105 Å². The number of benzene rings is 9. The third-order valence-corrected chi connectivity index (χ3v) is 12.5. The fraction of sp³-hybridized carbons (Fsp3) is 0. The number of hydrogen-bond donors (Lipinski definition) is 0. The lowest BCUT2D eigenvalue weighted by atomic mass is 9.98. The van der Waals surface area contributed by atoms with Crippen LogP contribution >= 0.6 is 0 Å². The summed E-state index contributed by atoms with van der Waals surface area (Å²) < 4.78 is 10.8. The quantitative estimate of drug-likeness (QED) is 0.168. The zero-order chi connectivity index (χ0) is 41.4. The Morgan fingerprint density at radius 2 is 0.714 bits per heavy atom. The van der Waals surface area contributed by atoms with Crippen LogP contribution in [0, 0.1) is 0 Å². The van der Waals surface area contributed by atoms with Crippen LogP contribution in [0.1, 0.15) is 0 Å². The van der Waals surface area contributed by atoms with Crippen molar-refractivity contribution >= 4 is 65.6 Å². The lowest BCUT2D eigenvalue weighted by Crippen LogP contribution is -2.03. The Bertz CT molecular complexity index is 3840. The monoisotopic (exact) mass is 804 g/mol. The third-order valence-electron chi connectivity index (χ3n) is 12.5. The van der Waals surface area contributed by atoms with Crippen LogP contribution in [0.4, 0.5) is 0 Å². The maximum Gasteiger partial charge on any atom is 0.235 e. The highest BCUT2D eigenvalue weighted by Crippen LogP contribution is 2.41. The van der Waals surface area contributed by atoms with Gasteiger partial charge in [0.25, 0.3) is 0 Å². The average Bonchev–Trinajstić information content (AvgIpc) is 4.01. The number of para-hydroxylation sites is 3. The second-order valence-electron chi connectivity index (χ2n) is 16.2. The molecule has 4 heterocycles. The first-order valence-electron chi connectivity index (χ1n) is 21.3. The van der Waals surface area contributed by atoms with E-state index in [-0.39, 0.29) is 0 Å². The molecule has 0 aliphatic heterocycles. The number of rotatable bonds is 6. The van der Waals surface area contributed by atoms with E-state index in [1.54, 1.807) is 0 Å². The summed E-state index contributed by atoms with van der Waals surface area (Å²) in [5, 5.41) is 6.96. The molecule has 0 bridgehead atoms. The van der Waals surface area contributed by atoms with Crippen LogP contribution in [-0.2, 0) is 0 Å². The van der Waals surface area contributed by atoms with Gasteiger partial charge in [0.05, 0.1) is 33.5 Å². The van der Waals surface area contributed by atoms with E-state index in [9.17, 15) is 0 Å². The van der Waals surface area contributed by atoms with Crippen LogP contribution in [0.3, 0.4) is 0 Å². The molecule has 0 saturated carbocycles. The van der Waals surface area contributed by atoms with Crippen molar-refractivity contribution in [2.75, 3.05) is 0 Å². The molecule has 0 atom stereocenters. The topological polar surface area (TPSA) is 48.8 Å². The molecule has 0 spiro atoms. The van der Waals surface area contributed by atoms with Gasteiger partial charge in [-0.1, -0.05) is 140 Å². The van der Waals surface area contributed by atoms with Crippen LogP contribution in [0.5, 0.6) is 0 Å². The van der Waals surface area contributed by atoms with Crippen LogP contribution < -0.4 is 0 Å². The van der Waals surface area contributed by atoms with E-state index in [1.165, 1.54) is 10.8 Å². The van der Waals surface area contributed by atoms with Crippen LogP contribution in [0.2, 0.25) is 0 Å². The van der Waals surface area contributed by atoms with Gasteiger partial charge in [0.2, 0.25) is 5.95 Å². The molecular formula is C58H36N4O. The molecule has 63 heavy (non-hydrogen) atoms. The van der Waals surface area contributed by atoms with Gasteiger partial charge in [-0.15, -0.1) is 0 Å². The van der Waals surface area contributed by atoms with Gasteiger partial charge in [-0.05, 0) is 101 Å². The van der Waals surface area contributed by atoms with Gasteiger partial charge in [0.15, 0.2) is 0 Å². The Kier molecular flexibility index (Phi) is 7.84.